The smallest absolute Gasteiger partial charge is 0.252 e. The van der Waals surface area contributed by atoms with E-state index in [2.05, 4.69) is 242 Å². The second-order valence-corrected chi connectivity index (χ2v) is 23.7. The van der Waals surface area contributed by atoms with Gasteiger partial charge in [0.25, 0.3) is 6.71 Å². The van der Waals surface area contributed by atoms with Crippen molar-refractivity contribution in [2.24, 2.45) is 0 Å². The summed E-state index contributed by atoms with van der Waals surface area (Å²) in [5.74, 6) is 0. The van der Waals surface area contributed by atoms with Crippen LogP contribution >= 0.6 is 0 Å². The van der Waals surface area contributed by atoms with Crippen LogP contribution < -0.4 is 31.1 Å². The van der Waals surface area contributed by atoms with Crippen LogP contribution in [0.3, 0.4) is 0 Å². The predicted molar refractivity (Wildman–Crippen MR) is 298 cm³/mol. The van der Waals surface area contributed by atoms with Gasteiger partial charge in [0, 0.05) is 56.3 Å². The zero-order valence-corrected chi connectivity index (χ0v) is 42.5. The molecule has 346 valence electrons. The van der Waals surface area contributed by atoms with Gasteiger partial charge in [0.1, 0.15) is 5.58 Å². The molecule has 0 atom stereocenters. The number of anilines is 9. The summed E-state index contributed by atoms with van der Waals surface area (Å²) in [4.78, 5) is 7.66. The molecule has 1 aromatic heterocycles. The van der Waals surface area contributed by atoms with E-state index in [0.717, 1.165) is 57.5 Å². The highest BCUT2D eigenvalue weighted by molar-refractivity contribution is 7.00. The third-order valence-electron chi connectivity index (χ3n) is 17.0. The molecule has 5 heteroatoms. The van der Waals surface area contributed by atoms with Crippen molar-refractivity contribution < 1.29 is 4.42 Å². The van der Waals surface area contributed by atoms with Gasteiger partial charge in [-0.25, -0.2) is 0 Å². The average Bonchev–Trinajstić information content (AvgIpc) is 3.80. The molecule has 0 fully saturated rings. The van der Waals surface area contributed by atoms with Gasteiger partial charge < -0.3 is 19.1 Å². The maximum absolute atomic E-state index is 6.96. The molecule has 70 heavy (non-hydrogen) atoms. The Kier molecular flexibility index (Phi) is 9.09. The van der Waals surface area contributed by atoms with Gasteiger partial charge in [-0.15, -0.1) is 0 Å². The number of aryl methyl sites for hydroxylation is 2. The van der Waals surface area contributed by atoms with E-state index in [1.165, 1.54) is 84.6 Å². The SMILES string of the molecule is Cc1cc2c3c(c1)N(c1cccc4c1oc1ccccc14)c1cc4c(cc1B3c1ccc(N(c3ccccc3)c3ccccc3)cc1N2c1cc2c(cc1C)C(C)(C)CCC2(C)C)C(C)(C)CC4(C)C. The van der Waals surface area contributed by atoms with Gasteiger partial charge in [0.2, 0.25) is 0 Å². The Morgan fingerprint density at radius 3 is 1.66 bits per heavy atom. The average molecular weight is 912 g/mol. The second-order valence-electron chi connectivity index (χ2n) is 23.7. The monoisotopic (exact) mass is 911 g/mol. The summed E-state index contributed by atoms with van der Waals surface area (Å²) in [7, 11) is 0. The zero-order chi connectivity index (χ0) is 48.2. The molecular weight excluding hydrogens is 850 g/mol. The van der Waals surface area contributed by atoms with E-state index in [1.807, 2.05) is 0 Å². The summed E-state index contributed by atoms with van der Waals surface area (Å²) in [6.07, 6.45) is 3.42. The van der Waals surface area contributed by atoms with Crippen LogP contribution in [-0.2, 0) is 21.7 Å². The molecule has 3 heterocycles. The van der Waals surface area contributed by atoms with Crippen molar-refractivity contribution in [1.29, 1.82) is 0 Å². The summed E-state index contributed by atoms with van der Waals surface area (Å²) in [6, 6.07) is 59.6. The van der Waals surface area contributed by atoms with Crippen molar-refractivity contribution in [3.8, 4) is 0 Å². The van der Waals surface area contributed by atoms with Crippen molar-refractivity contribution in [2.45, 2.75) is 110 Å². The molecule has 4 nitrogen and oxygen atoms in total. The van der Waals surface area contributed by atoms with Gasteiger partial charge in [0.05, 0.1) is 5.69 Å². The molecule has 0 spiro atoms. The van der Waals surface area contributed by atoms with Gasteiger partial charge in [-0.2, -0.15) is 0 Å². The van der Waals surface area contributed by atoms with Gasteiger partial charge >= 0.3 is 0 Å². The fraction of sp³-hybridized carbons (Fsp3) is 0.262. The lowest BCUT2D eigenvalue weighted by Gasteiger charge is -2.46. The minimum atomic E-state index is -0.0351. The first-order valence-electron chi connectivity index (χ1n) is 25.5. The van der Waals surface area contributed by atoms with Crippen molar-refractivity contribution in [3.05, 3.63) is 191 Å². The van der Waals surface area contributed by atoms with E-state index in [-0.39, 0.29) is 28.4 Å². The first-order chi connectivity index (χ1) is 33.5. The number of furan rings is 1. The molecular formula is C65H62BN3O. The molecule has 0 N–H and O–H groups in total. The molecule has 2 aliphatic carbocycles. The minimum Gasteiger partial charge on any atom is -0.454 e. The van der Waals surface area contributed by atoms with Gasteiger partial charge in [-0.05, 0) is 177 Å². The van der Waals surface area contributed by atoms with Gasteiger partial charge in [-0.1, -0.05) is 140 Å². The molecule has 0 saturated carbocycles. The van der Waals surface area contributed by atoms with Crippen LogP contribution in [0.2, 0.25) is 0 Å². The van der Waals surface area contributed by atoms with E-state index in [4.69, 9.17) is 4.42 Å². The third-order valence-corrected chi connectivity index (χ3v) is 17.0. The molecule has 9 aromatic rings. The quantitative estimate of drug-likeness (QED) is 0.161. The Labute approximate surface area is 414 Å². The van der Waals surface area contributed by atoms with Crippen LogP contribution in [0.15, 0.2) is 162 Å². The summed E-state index contributed by atoms with van der Waals surface area (Å²) < 4.78 is 6.96. The number of nitrogens with zero attached hydrogens (tertiary/aromatic N) is 3. The lowest BCUT2D eigenvalue weighted by Crippen LogP contribution is -2.61. The standard InChI is InChI=1S/C65H62BN3O/c1-40-32-57-60-58(33-40)69(54-37-49-47(34-41(54)2)62(3,4)30-31-63(49,5)6)55-35-44(67(42-20-13-11-14-21-42)43-22-15-12-16-23-43)28-29-51(55)66(60)52-36-48-50(65(9,10)39-64(48,7)8)38-56(52)68(57)53-26-19-25-46-45-24-17-18-27-59(45)70-61(46)53/h11-29,32-38H,30-31,39H2,1-10H3. The molecule has 0 radical (unpaired) electrons. The van der Waals surface area contributed by atoms with E-state index in [1.54, 1.807) is 0 Å². The normalized spacial score (nSPS) is 17.5. The van der Waals surface area contributed by atoms with Crippen molar-refractivity contribution >= 4 is 96.2 Å². The summed E-state index contributed by atoms with van der Waals surface area (Å²) in [5, 5.41) is 2.28. The Morgan fingerprint density at radius 2 is 0.986 bits per heavy atom. The maximum Gasteiger partial charge on any atom is 0.252 e. The molecule has 8 aromatic carbocycles. The molecule has 13 rings (SSSR count). The topological polar surface area (TPSA) is 22.9 Å². The lowest BCUT2D eigenvalue weighted by molar-refractivity contribution is 0.332. The number of fused-ring (bicyclic) bond motifs is 9. The Morgan fingerprint density at radius 1 is 0.443 bits per heavy atom. The molecule has 2 aliphatic heterocycles. The number of hydrogen-bond acceptors (Lipinski definition) is 4. The number of hydrogen-bond donors (Lipinski definition) is 0. The first-order valence-corrected chi connectivity index (χ1v) is 25.5. The summed E-state index contributed by atoms with van der Waals surface area (Å²) in [5.41, 5.74) is 24.9. The Hall–Kier alpha value is -6.98. The molecule has 0 saturated heterocycles. The summed E-state index contributed by atoms with van der Waals surface area (Å²) >= 11 is 0. The fourth-order valence-corrected chi connectivity index (χ4v) is 13.7. The number of benzene rings is 8. The van der Waals surface area contributed by atoms with Crippen LogP contribution in [0.4, 0.5) is 51.2 Å². The van der Waals surface area contributed by atoms with E-state index >= 15 is 0 Å². The number of para-hydroxylation sites is 4. The van der Waals surface area contributed by atoms with Gasteiger partial charge in [0.15, 0.2) is 5.58 Å². The fourth-order valence-electron chi connectivity index (χ4n) is 13.7. The van der Waals surface area contributed by atoms with Crippen molar-refractivity contribution in [3.63, 3.8) is 0 Å². The van der Waals surface area contributed by atoms with Crippen LogP contribution in [-0.4, -0.2) is 6.71 Å². The van der Waals surface area contributed by atoms with E-state index in [9.17, 15) is 0 Å². The zero-order valence-electron chi connectivity index (χ0n) is 42.5. The van der Waals surface area contributed by atoms with E-state index < -0.39 is 0 Å². The van der Waals surface area contributed by atoms with Crippen LogP contribution in [0, 0.1) is 13.8 Å². The lowest BCUT2D eigenvalue weighted by atomic mass is 9.33. The second kappa shape index (κ2) is 14.8. The highest BCUT2D eigenvalue weighted by Crippen LogP contribution is 2.55. The molecule has 4 aliphatic rings. The molecule has 0 amide bonds. The van der Waals surface area contributed by atoms with Crippen LogP contribution in [0.1, 0.15) is 108 Å². The van der Waals surface area contributed by atoms with Crippen LogP contribution in [0.5, 0.6) is 0 Å². The predicted octanol–water partition coefficient (Wildman–Crippen LogP) is 16.1. The highest BCUT2D eigenvalue weighted by Gasteiger charge is 2.49. The van der Waals surface area contributed by atoms with Gasteiger partial charge in [-0.3, -0.25) is 0 Å². The Balaban J connectivity index is 1.15. The van der Waals surface area contributed by atoms with Crippen molar-refractivity contribution in [2.75, 3.05) is 14.7 Å². The largest absolute Gasteiger partial charge is 0.454 e. The van der Waals surface area contributed by atoms with Crippen LogP contribution in [0.25, 0.3) is 21.9 Å². The van der Waals surface area contributed by atoms with Crippen molar-refractivity contribution in [1.82, 2.24) is 0 Å². The minimum absolute atomic E-state index is 0.00374. The van der Waals surface area contributed by atoms with E-state index in [0.29, 0.717) is 0 Å². The first kappa shape index (κ1) is 43.1. The Bertz CT molecular complexity index is 3600. The molecule has 0 bridgehead atoms. The highest BCUT2D eigenvalue weighted by atomic mass is 16.3. The maximum atomic E-state index is 6.96. The summed E-state index contributed by atoms with van der Waals surface area (Å²) in [6.45, 7) is 24.2. The third kappa shape index (κ3) is 6.22. The molecule has 0 unspecified atom stereocenters. The number of rotatable bonds is 5.